The Hall–Kier alpha value is -2.99. The lowest BCUT2D eigenvalue weighted by Gasteiger charge is -2.23. The summed E-state index contributed by atoms with van der Waals surface area (Å²) in [5, 5.41) is 5.19. The zero-order chi connectivity index (χ0) is 19.1. The summed E-state index contributed by atoms with van der Waals surface area (Å²) >= 11 is 1.63. The monoisotopic (exact) mass is 382 g/mol. The van der Waals surface area contributed by atoms with Crippen LogP contribution in [-0.2, 0) is 11.3 Å². The third-order valence-corrected chi connectivity index (χ3v) is 4.98. The van der Waals surface area contributed by atoms with Gasteiger partial charge < -0.3 is 19.7 Å². The number of carbonyl (C=O) groups is 1. The molecule has 0 aliphatic heterocycles. The number of nitrogens with zero attached hydrogens (tertiary/aromatic N) is 1. The minimum absolute atomic E-state index is 0.0283. The van der Waals surface area contributed by atoms with Gasteiger partial charge in [0.2, 0.25) is 5.91 Å². The molecule has 0 saturated carbocycles. The van der Waals surface area contributed by atoms with Gasteiger partial charge in [-0.2, -0.15) is 0 Å². The van der Waals surface area contributed by atoms with E-state index in [0.29, 0.717) is 12.3 Å². The third-order valence-electron chi connectivity index (χ3n) is 4.12. The van der Waals surface area contributed by atoms with E-state index in [2.05, 4.69) is 5.32 Å². The van der Waals surface area contributed by atoms with Gasteiger partial charge >= 0.3 is 0 Å². The molecule has 140 valence electrons. The Balaban J connectivity index is 1.77. The van der Waals surface area contributed by atoms with E-state index in [1.807, 2.05) is 66.0 Å². The first-order valence-corrected chi connectivity index (χ1v) is 9.43. The number of ether oxygens (including phenoxy) is 2. The maximum absolute atomic E-state index is 13.0. The van der Waals surface area contributed by atoms with E-state index in [4.69, 9.17) is 9.47 Å². The normalized spacial score (nSPS) is 10.3. The van der Waals surface area contributed by atoms with Crippen molar-refractivity contribution in [2.45, 2.75) is 6.54 Å². The Morgan fingerprint density at radius 3 is 2.44 bits per heavy atom. The van der Waals surface area contributed by atoms with E-state index in [0.717, 1.165) is 22.0 Å². The zero-order valence-corrected chi connectivity index (χ0v) is 16.2. The van der Waals surface area contributed by atoms with E-state index >= 15 is 0 Å². The Labute approximate surface area is 163 Å². The number of thiophene rings is 1. The molecule has 6 heteroatoms. The van der Waals surface area contributed by atoms with Crippen LogP contribution in [0.3, 0.4) is 0 Å². The number of nitrogens with one attached hydrogen (secondary N) is 1. The number of amides is 1. The van der Waals surface area contributed by atoms with Gasteiger partial charge in [-0.05, 0) is 47.8 Å². The number of rotatable bonds is 8. The Bertz CT molecular complexity index is 863. The van der Waals surface area contributed by atoms with Crippen LogP contribution in [0.25, 0.3) is 0 Å². The number of anilines is 2. The van der Waals surface area contributed by atoms with Gasteiger partial charge in [0.25, 0.3) is 0 Å². The van der Waals surface area contributed by atoms with E-state index < -0.39 is 0 Å². The smallest absolute Gasteiger partial charge is 0.246 e. The van der Waals surface area contributed by atoms with Crippen LogP contribution in [0, 0.1) is 0 Å². The van der Waals surface area contributed by atoms with E-state index in [-0.39, 0.29) is 12.5 Å². The summed E-state index contributed by atoms with van der Waals surface area (Å²) in [6.45, 7) is 0.689. The molecule has 0 radical (unpaired) electrons. The van der Waals surface area contributed by atoms with Gasteiger partial charge in [-0.1, -0.05) is 18.2 Å². The van der Waals surface area contributed by atoms with E-state index in [1.54, 1.807) is 30.5 Å². The first-order valence-electron chi connectivity index (χ1n) is 8.55. The van der Waals surface area contributed by atoms with Crippen LogP contribution in [0.1, 0.15) is 4.88 Å². The van der Waals surface area contributed by atoms with Gasteiger partial charge in [-0.3, -0.25) is 4.79 Å². The number of carbonyl (C=O) groups excluding carboxylic acids is 1. The number of benzene rings is 2. The summed E-state index contributed by atoms with van der Waals surface area (Å²) in [6, 6.07) is 19.1. The molecular formula is C21H22N2O3S. The molecular weight excluding hydrogens is 360 g/mol. The summed E-state index contributed by atoms with van der Waals surface area (Å²) in [5.41, 5.74) is 1.62. The molecule has 1 heterocycles. The highest BCUT2D eigenvalue weighted by Crippen LogP contribution is 2.25. The average molecular weight is 382 g/mol. The summed E-state index contributed by atoms with van der Waals surface area (Å²) in [4.78, 5) is 15.9. The fourth-order valence-corrected chi connectivity index (χ4v) is 3.39. The summed E-state index contributed by atoms with van der Waals surface area (Å²) in [5.74, 6) is 1.44. The van der Waals surface area contributed by atoms with Gasteiger partial charge in [0, 0.05) is 10.6 Å². The van der Waals surface area contributed by atoms with Crippen molar-refractivity contribution in [1.29, 1.82) is 0 Å². The van der Waals surface area contributed by atoms with E-state index in [9.17, 15) is 4.79 Å². The maximum Gasteiger partial charge on any atom is 0.246 e. The van der Waals surface area contributed by atoms with Crippen molar-refractivity contribution in [3.8, 4) is 11.5 Å². The van der Waals surface area contributed by atoms with Crippen LogP contribution in [-0.4, -0.2) is 26.7 Å². The molecule has 0 saturated heterocycles. The molecule has 1 aromatic heterocycles. The molecule has 0 bridgehead atoms. The SMILES string of the molecule is COc1ccc(N(Cc2cccs2)C(=O)CNc2ccccc2OC)cc1. The molecule has 0 atom stereocenters. The average Bonchev–Trinajstić information content (AvgIpc) is 3.24. The largest absolute Gasteiger partial charge is 0.497 e. The topological polar surface area (TPSA) is 50.8 Å². The molecule has 5 nitrogen and oxygen atoms in total. The predicted molar refractivity (Wildman–Crippen MR) is 110 cm³/mol. The molecule has 0 fully saturated rings. The fraction of sp³-hybridized carbons (Fsp3) is 0.190. The highest BCUT2D eigenvalue weighted by atomic mass is 32.1. The molecule has 3 aromatic rings. The van der Waals surface area contributed by atoms with Gasteiger partial charge in [0.1, 0.15) is 11.5 Å². The molecule has 27 heavy (non-hydrogen) atoms. The molecule has 0 unspecified atom stereocenters. The van der Waals surface area contributed by atoms with Crippen molar-refractivity contribution in [2.24, 2.45) is 0 Å². The molecule has 2 aromatic carbocycles. The lowest BCUT2D eigenvalue weighted by atomic mass is 10.2. The fourth-order valence-electron chi connectivity index (χ4n) is 2.70. The quantitative estimate of drug-likeness (QED) is 0.627. The molecule has 0 aliphatic rings. The van der Waals surface area contributed by atoms with Crippen LogP contribution >= 0.6 is 11.3 Å². The molecule has 1 amide bonds. The maximum atomic E-state index is 13.0. The molecule has 3 rings (SSSR count). The third kappa shape index (κ3) is 4.80. The second-order valence-corrected chi connectivity index (χ2v) is 6.84. The van der Waals surface area contributed by atoms with Crippen LogP contribution in [0.15, 0.2) is 66.0 Å². The second-order valence-electron chi connectivity index (χ2n) is 5.81. The van der Waals surface area contributed by atoms with E-state index in [1.165, 1.54) is 0 Å². The number of methoxy groups -OCH3 is 2. The van der Waals surface area contributed by atoms with Crippen molar-refractivity contribution in [2.75, 3.05) is 31.0 Å². The van der Waals surface area contributed by atoms with Crippen molar-refractivity contribution < 1.29 is 14.3 Å². The first kappa shape index (κ1) is 18.8. The van der Waals surface area contributed by atoms with Crippen molar-refractivity contribution in [3.05, 3.63) is 70.9 Å². The Kier molecular flexibility index (Phi) is 6.33. The minimum Gasteiger partial charge on any atom is -0.497 e. The Morgan fingerprint density at radius 1 is 1.00 bits per heavy atom. The van der Waals surface area contributed by atoms with Gasteiger partial charge in [0.05, 0.1) is 33.0 Å². The first-order chi connectivity index (χ1) is 13.2. The summed E-state index contributed by atoms with van der Waals surface area (Å²) < 4.78 is 10.6. The molecule has 0 spiro atoms. The second kappa shape index (κ2) is 9.09. The summed E-state index contributed by atoms with van der Waals surface area (Å²) in [7, 11) is 3.24. The number of hydrogen-bond acceptors (Lipinski definition) is 5. The lowest BCUT2D eigenvalue weighted by molar-refractivity contribution is -0.117. The van der Waals surface area contributed by atoms with Crippen LogP contribution in [0.2, 0.25) is 0 Å². The summed E-state index contributed by atoms with van der Waals surface area (Å²) in [6.07, 6.45) is 0. The van der Waals surface area contributed by atoms with Crippen molar-refractivity contribution in [1.82, 2.24) is 0 Å². The standard InChI is InChI=1S/C21H22N2O3S/c1-25-17-11-9-16(10-12-17)23(15-18-6-5-13-27-18)21(24)14-22-19-7-3-4-8-20(19)26-2/h3-13,22H,14-15H2,1-2H3. The van der Waals surface area contributed by atoms with Crippen LogP contribution < -0.4 is 19.7 Å². The molecule has 1 N–H and O–H groups in total. The number of para-hydroxylation sites is 2. The molecule has 0 aliphatic carbocycles. The minimum atomic E-state index is -0.0283. The van der Waals surface area contributed by atoms with Crippen LogP contribution in [0.4, 0.5) is 11.4 Å². The highest BCUT2D eigenvalue weighted by molar-refractivity contribution is 7.09. The zero-order valence-electron chi connectivity index (χ0n) is 15.3. The van der Waals surface area contributed by atoms with Crippen molar-refractivity contribution in [3.63, 3.8) is 0 Å². The number of hydrogen-bond donors (Lipinski definition) is 1. The van der Waals surface area contributed by atoms with Gasteiger partial charge in [-0.15, -0.1) is 11.3 Å². The predicted octanol–water partition coefficient (Wildman–Crippen LogP) is 4.41. The van der Waals surface area contributed by atoms with Crippen LogP contribution in [0.5, 0.6) is 11.5 Å². The van der Waals surface area contributed by atoms with Crippen molar-refractivity contribution >= 4 is 28.6 Å². The lowest BCUT2D eigenvalue weighted by Crippen LogP contribution is -2.35. The highest BCUT2D eigenvalue weighted by Gasteiger charge is 2.17. The Morgan fingerprint density at radius 2 is 1.78 bits per heavy atom. The van der Waals surface area contributed by atoms with Gasteiger partial charge in [-0.25, -0.2) is 0 Å². The van der Waals surface area contributed by atoms with Gasteiger partial charge in [0.15, 0.2) is 0 Å².